The number of anilines is 1. The number of rotatable bonds is 4. The molecule has 0 bridgehead atoms. The van der Waals surface area contributed by atoms with Crippen molar-refractivity contribution in [3.8, 4) is 0 Å². The van der Waals surface area contributed by atoms with Gasteiger partial charge in [-0.1, -0.05) is 0 Å². The van der Waals surface area contributed by atoms with Crippen LogP contribution in [0.2, 0.25) is 0 Å². The number of hydrogen-bond acceptors (Lipinski definition) is 11. The van der Waals surface area contributed by atoms with Gasteiger partial charge in [0.1, 0.15) is 21.3 Å². The Kier molecular flexibility index (Phi) is 4.30. The van der Waals surface area contributed by atoms with Crippen LogP contribution in [0.4, 0.5) is 5.13 Å². The molecule has 0 saturated carbocycles. The molecule has 1 saturated heterocycles. The molecule has 0 radical (unpaired) electrons. The van der Waals surface area contributed by atoms with Crippen molar-refractivity contribution in [1.82, 2.24) is 19.3 Å². The second-order valence-corrected chi connectivity index (χ2v) is 9.92. The highest BCUT2D eigenvalue weighted by Crippen LogP contribution is 2.63. The third kappa shape index (κ3) is 2.53. The summed E-state index contributed by atoms with van der Waals surface area (Å²) in [5.41, 5.74) is -0.439. The van der Waals surface area contributed by atoms with Gasteiger partial charge in [-0.15, -0.1) is 34.0 Å². The van der Waals surface area contributed by atoms with Crippen LogP contribution in [0.15, 0.2) is 46.2 Å². The fourth-order valence-electron chi connectivity index (χ4n) is 3.01. The topological polar surface area (TPSA) is 75.0 Å². The standard InChI is InChI=1S/C15H11N5OS5/c21-15(13-17-3-7-23-13)10(9-1-5-25-19-9)20(14-18-4-8-24-14)26-11(15)12-16-2-6-22-12/h1-8,10-11,21H. The van der Waals surface area contributed by atoms with E-state index < -0.39 is 11.6 Å². The van der Waals surface area contributed by atoms with Crippen molar-refractivity contribution in [3.63, 3.8) is 0 Å². The molecule has 5 heterocycles. The van der Waals surface area contributed by atoms with Crippen LogP contribution < -0.4 is 4.31 Å². The lowest BCUT2D eigenvalue weighted by Gasteiger charge is -2.31. The minimum atomic E-state index is -1.25. The Morgan fingerprint density at radius 3 is 2.42 bits per heavy atom. The van der Waals surface area contributed by atoms with E-state index in [1.165, 1.54) is 22.9 Å². The summed E-state index contributed by atoms with van der Waals surface area (Å²) in [6.45, 7) is 0. The van der Waals surface area contributed by atoms with Crippen molar-refractivity contribution >= 4 is 62.6 Å². The van der Waals surface area contributed by atoms with E-state index in [1.807, 2.05) is 27.6 Å². The number of nitrogens with zero attached hydrogens (tertiary/aromatic N) is 5. The lowest BCUT2D eigenvalue weighted by Crippen LogP contribution is -2.38. The number of aliphatic hydroxyl groups is 1. The molecular formula is C15H11N5OS5. The summed E-state index contributed by atoms with van der Waals surface area (Å²) in [5, 5.41) is 21.9. The van der Waals surface area contributed by atoms with Crippen LogP contribution in [-0.2, 0) is 5.60 Å². The molecule has 1 N–H and O–H groups in total. The fraction of sp³-hybridized carbons (Fsp3) is 0.200. The Bertz CT molecular complexity index is 957. The Morgan fingerprint density at radius 1 is 0.962 bits per heavy atom. The molecule has 4 aromatic rings. The van der Waals surface area contributed by atoms with Gasteiger partial charge in [0.2, 0.25) is 0 Å². The second kappa shape index (κ2) is 6.66. The average Bonchev–Trinajstić information content (AvgIpc) is 3.46. The van der Waals surface area contributed by atoms with Gasteiger partial charge in [-0.05, 0) is 29.5 Å². The first kappa shape index (κ1) is 16.8. The minimum absolute atomic E-state index is 0.288. The van der Waals surface area contributed by atoms with Gasteiger partial charge in [0.25, 0.3) is 0 Å². The van der Waals surface area contributed by atoms with Crippen molar-refractivity contribution in [3.05, 3.63) is 61.9 Å². The summed E-state index contributed by atoms with van der Waals surface area (Å²) in [6.07, 6.45) is 5.27. The molecule has 1 aliphatic rings. The number of hydrogen-bond donors (Lipinski definition) is 1. The van der Waals surface area contributed by atoms with Crippen molar-refractivity contribution in [2.75, 3.05) is 4.31 Å². The molecule has 1 fully saturated rings. The normalized spacial score (nSPS) is 25.8. The summed E-state index contributed by atoms with van der Waals surface area (Å²) < 4.78 is 6.61. The zero-order valence-corrected chi connectivity index (χ0v) is 17.1. The quantitative estimate of drug-likeness (QED) is 0.476. The van der Waals surface area contributed by atoms with E-state index in [2.05, 4.69) is 23.6 Å². The number of thiazole rings is 3. The van der Waals surface area contributed by atoms with Gasteiger partial charge in [-0.3, -0.25) is 4.31 Å². The first-order valence-electron chi connectivity index (χ1n) is 7.56. The van der Waals surface area contributed by atoms with Crippen LogP contribution in [0.5, 0.6) is 0 Å². The maximum atomic E-state index is 12.1. The van der Waals surface area contributed by atoms with E-state index in [0.29, 0.717) is 5.01 Å². The Hall–Kier alpha value is -1.37. The zero-order chi connectivity index (χ0) is 17.6. The van der Waals surface area contributed by atoms with Gasteiger partial charge >= 0.3 is 0 Å². The highest BCUT2D eigenvalue weighted by Gasteiger charge is 2.60. The minimum Gasteiger partial charge on any atom is -0.378 e. The van der Waals surface area contributed by atoms with E-state index in [0.717, 1.165) is 15.8 Å². The summed E-state index contributed by atoms with van der Waals surface area (Å²) in [6, 6.07) is 1.56. The SMILES string of the molecule is OC1(c2nccs2)C(c2nccs2)SN(c2nccs2)C1c1ccsn1. The first-order chi connectivity index (χ1) is 12.8. The molecule has 0 spiro atoms. The largest absolute Gasteiger partial charge is 0.378 e. The van der Waals surface area contributed by atoms with Crippen LogP contribution in [0, 0.1) is 0 Å². The highest BCUT2D eigenvalue weighted by atomic mass is 32.2. The lowest BCUT2D eigenvalue weighted by molar-refractivity contribution is 0.0155. The first-order valence-corrected chi connectivity index (χ1v) is 11.9. The molecule has 132 valence electrons. The zero-order valence-electron chi connectivity index (χ0n) is 13.0. The maximum Gasteiger partial charge on any atom is 0.196 e. The molecular weight excluding hydrogens is 427 g/mol. The Balaban J connectivity index is 1.72. The number of aromatic nitrogens is 4. The summed E-state index contributed by atoms with van der Waals surface area (Å²) >= 11 is 7.47. The highest BCUT2D eigenvalue weighted by molar-refractivity contribution is 8.01. The van der Waals surface area contributed by atoms with Crippen LogP contribution in [0.3, 0.4) is 0 Å². The van der Waals surface area contributed by atoms with E-state index in [1.54, 1.807) is 53.2 Å². The van der Waals surface area contributed by atoms with Crippen LogP contribution in [-0.4, -0.2) is 24.4 Å². The van der Waals surface area contributed by atoms with Crippen LogP contribution >= 0.6 is 57.5 Å². The molecule has 1 aliphatic heterocycles. The molecule has 3 atom stereocenters. The predicted octanol–water partition coefficient (Wildman–Crippen LogP) is 4.35. The molecule has 0 aromatic carbocycles. The Labute approximate surface area is 169 Å². The molecule has 26 heavy (non-hydrogen) atoms. The van der Waals surface area contributed by atoms with Crippen LogP contribution in [0.1, 0.15) is 27.0 Å². The van der Waals surface area contributed by atoms with E-state index in [-0.39, 0.29) is 5.25 Å². The average molecular weight is 438 g/mol. The molecule has 0 amide bonds. The van der Waals surface area contributed by atoms with Gasteiger partial charge in [-0.25, -0.2) is 15.0 Å². The van der Waals surface area contributed by atoms with E-state index in [4.69, 9.17) is 0 Å². The van der Waals surface area contributed by atoms with Gasteiger partial charge in [0.15, 0.2) is 10.7 Å². The molecule has 5 rings (SSSR count). The third-order valence-corrected chi connectivity index (χ3v) is 8.83. The third-order valence-electron chi connectivity index (χ3n) is 4.07. The smallest absolute Gasteiger partial charge is 0.196 e. The monoisotopic (exact) mass is 437 g/mol. The Morgan fingerprint density at radius 2 is 1.77 bits per heavy atom. The van der Waals surface area contributed by atoms with Crippen molar-refractivity contribution < 1.29 is 5.11 Å². The van der Waals surface area contributed by atoms with E-state index in [9.17, 15) is 5.11 Å². The maximum absolute atomic E-state index is 12.1. The molecule has 4 aromatic heterocycles. The predicted molar refractivity (Wildman–Crippen MR) is 108 cm³/mol. The van der Waals surface area contributed by atoms with E-state index >= 15 is 0 Å². The molecule has 3 unspecified atom stereocenters. The van der Waals surface area contributed by atoms with Crippen molar-refractivity contribution in [1.29, 1.82) is 0 Å². The van der Waals surface area contributed by atoms with Gasteiger partial charge in [0, 0.05) is 40.1 Å². The molecule has 11 heteroatoms. The van der Waals surface area contributed by atoms with Crippen LogP contribution in [0.25, 0.3) is 0 Å². The molecule has 6 nitrogen and oxygen atoms in total. The summed E-state index contributed by atoms with van der Waals surface area (Å²) in [7, 11) is 0. The van der Waals surface area contributed by atoms with Crippen molar-refractivity contribution in [2.45, 2.75) is 16.9 Å². The lowest BCUT2D eigenvalue weighted by atomic mass is 9.88. The second-order valence-electron chi connectivity index (χ2n) is 5.49. The summed E-state index contributed by atoms with van der Waals surface area (Å²) in [5.74, 6) is 0. The molecule has 0 aliphatic carbocycles. The van der Waals surface area contributed by atoms with Gasteiger partial charge < -0.3 is 5.11 Å². The van der Waals surface area contributed by atoms with Crippen molar-refractivity contribution in [2.24, 2.45) is 0 Å². The van der Waals surface area contributed by atoms with Gasteiger partial charge in [-0.2, -0.15) is 4.37 Å². The van der Waals surface area contributed by atoms with Gasteiger partial charge in [0.05, 0.1) is 5.69 Å². The fourth-order valence-corrected chi connectivity index (χ4v) is 7.54. The summed E-state index contributed by atoms with van der Waals surface area (Å²) in [4.78, 5) is 13.4.